The summed E-state index contributed by atoms with van der Waals surface area (Å²) in [7, 11) is 1.55. The summed E-state index contributed by atoms with van der Waals surface area (Å²) in [6.07, 6.45) is 1.36. The number of H-pyrrole nitrogens is 1. The Morgan fingerprint density at radius 1 is 1.50 bits per heavy atom. The molecule has 1 aromatic carbocycles. The van der Waals surface area contributed by atoms with E-state index < -0.39 is 0 Å². The van der Waals surface area contributed by atoms with E-state index in [9.17, 15) is 4.79 Å². The third-order valence-corrected chi connectivity index (χ3v) is 2.59. The van der Waals surface area contributed by atoms with E-state index in [0.717, 1.165) is 0 Å². The second kappa shape index (κ2) is 3.42. The molecule has 0 aliphatic rings. The highest BCUT2D eigenvalue weighted by Gasteiger charge is 2.08. The Morgan fingerprint density at radius 3 is 3.00 bits per heavy atom. The lowest BCUT2D eigenvalue weighted by molar-refractivity contribution is 0.418. The third kappa shape index (κ3) is 1.29. The van der Waals surface area contributed by atoms with Crippen LogP contribution in [0.3, 0.4) is 0 Å². The van der Waals surface area contributed by atoms with Crippen molar-refractivity contribution < 1.29 is 4.74 Å². The van der Waals surface area contributed by atoms with Crippen molar-refractivity contribution in [1.82, 2.24) is 9.97 Å². The Kier molecular flexibility index (Phi) is 2.25. The molecule has 2 rings (SSSR count). The normalized spacial score (nSPS) is 10.4. The fourth-order valence-corrected chi connectivity index (χ4v) is 1.78. The summed E-state index contributed by atoms with van der Waals surface area (Å²) < 4.78 is 5.81. The molecule has 0 radical (unpaired) electrons. The number of hydrogen-bond donors (Lipinski definition) is 1. The number of ether oxygens (including phenoxy) is 1. The lowest BCUT2D eigenvalue weighted by atomic mass is 10.2. The van der Waals surface area contributed by atoms with Gasteiger partial charge in [-0.2, -0.15) is 0 Å². The first-order valence-electron chi connectivity index (χ1n) is 3.94. The molecule has 14 heavy (non-hydrogen) atoms. The van der Waals surface area contributed by atoms with Gasteiger partial charge in [0.05, 0.1) is 18.8 Å². The molecule has 5 heteroatoms. The Morgan fingerprint density at radius 2 is 2.29 bits per heavy atom. The smallest absolute Gasteiger partial charge is 0.259 e. The van der Waals surface area contributed by atoms with Crippen LogP contribution in [-0.2, 0) is 0 Å². The molecule has 0 aliphatic heterocycles. The van der Waals surface area contributed by atoms with Crippen LogP contribution < -0.4 is 10.3 Å². The second-order valence-corrected chi connectivity index (χ2v) is 3.56. The van der Waals surface area contributed by atoms with Crippen molar-refractivity contribution in [2.75, 3.05) is 7.11 Å². The van der Waals surface area contributed by atoms with Crippen molar-refractivity contribution in [3.8, 4) is 5.75 Å². The lowest BCUT2D eigenvalue weighted by Crippen LogP contribution is -2.07. The number of aromatic nitrogens is 2. The maximum absolute atomic E-state index is 11.5. The van der Waals surface area contributed by atoms with Crippen molar-refractivity contribution in [2.45, 2.75) is 0 Å². The van der Waals surface area contributed by atoms with Crippen LogP contribution in [0.1, 0.15) is 0 Å². The number of fused-ring (bicyclic) bond motifs is 1. The Bertz CT molecular complexity index is 536. The minimum Gasteiger partial charge on any atom is -0.494 e. The summed E-state index contributed by atoms with van der Waals surface area (Å²) >= 11 is 3.30. The molecule has 4 nitrogen and oxygen atoms in total. The highest BCUT2D eigenvalue weighted by Crippen LogP contribution is 2.26. The fraction of sp³-hybridized carbons (Fsp3) is 0.111. The molecule has 0 amide bonds. The number of methoxy groups -OCH3 is 1. The maximum atomic E-state index is 11.5. The van der Waals surface area contributed by atoms with Crippen LogP contribution in [0.5, 0.6) is 5.75 Å². The van der Waals surface area contributed by atoms with Gasteiger partial charge in [0, 0.05) is 4.47 Å². The minimum absolute atomic E-state index is 0.180. The van der Waals surface area contributed by atoms with E-state index in [0.29, 0.717) is 21.1 Å². The first-order chi connectivity index (χ1) is 6.74. The number of nitrogens with zero attached hydrogens (tertiary/aromatic N) is 1. The number of hydrogen-bond acceptors (Lipinski definition) is 3. The molecule has 1 N–H and O–H groups in total. The van der Waals surface area contributed by atoms with Crippen LogP contribution in [-0.4, -0.2) is 17.1 Å². The molecule has 1 heterocycles. The van der Waals surface area contributed by atoms with E-state index in [-0.39, 0.29) is 5.56 Å². The van der Waals surface area contributed by atoms with Crippen LogP contribution in [0.15, 0.2) is 27.7 Å². The van der Waals surface area contributed by atoms with E-state index in [1.165, 1.54) is 6.33 Å². The SMILES string of the molecule is COc1ccc(Br)c2c(=O)[nH]cnc12. The zero-order valence-electron chi connectivity index (χ0n) is 7.37. The summed E-state index contributed by atoms with van der Waals surface area (Å²) in [4.78, 5) is 18.1. The molecule has 0 aliphatic carbocycles. The van der Waals surface area contributed by atoms with Crippen LogP contribution in [0.4, 0.5) is 0 Å². The van der Waals surface area contributed by atoms with Crippen molar-refractivity contribution >= 4 is 26.8 Å². The van der Waals surface area contributed by atoms with Crippen molar-refractivity contribution in [2.24, 2.45) is 0 Å². The number of nitrogens with one attached hydrogen (secondary N) is 1. The van der Waals surface area contributed by atoms with Crippen molar-refractivity contribution in [3.05, 3.63) is 33.3 Å². The molecule has 0 fully saturated rings. The highest BCUT2D eigenvalue weighted by atomic mass is 79.9. The number of benzene rings is 1. The van der Waals surface area contributed by atoms with Crippen LogP contribution in [0.2, 0.25) is 0 Å². The van der Waals surface area contributed by atoms with E-state index >= 15 is 0 Å². The predicted octanol–water partition coefficient (Wildman–Crippen LogP) is 1.69. The molecular weight excluding hydrogens is 248 g/mol. The Hall–Kier alpha value is -1.36. The van der Waals surface area contributed by atoms with Gasteiger partial charge in [0.2, 0.25) is 0 Å². The zero-order chi connectivity index (χ0) is 10.1. The number of halogens is 1. The van der Waals surface area contributed by atoms with Gasteiger partial charge in [-0.15, -0.1) is 0 Å². The number of rotatable bonds is 1. The van der Waals surface area contributed by atoms with Gasteiger partial charge in [-0.1, -0.05) is 0 Å². The quantitative estimate of drug-likeness (QED) is 0.843. The molecule has 0 saturated heterocycles. The van der Waals surface area contributed by atoms with Gasteiger partial charge in [-0.3, -0.25) is 4.79 Å². The van der Waals surface area contributed by atoms with Gasteiger partial charge in [0.15, 0.2) is 0 Å². The van der Waals surface area contributed by atoms with Gasteiger partial charge in [-0.05, 0) is 28.1 Å². The standard InChI is InChI=1S/C9H7BrN2O2/c1-14-6-3-2-5(10)7-8(6)11-4-12-9(7)13/h2-4H,1H3,(H,11,12,13). The summed E-state index contributed by atoms with van der Waals surface area (Å²) in [5, 5.41) is 0.506. The van der Waals surface area contributed by atoms with Crippen molar-refractivity contribution in [3.63, 3.8) is 0 Å². The molecule has 0 spiro atoms. The highest BCUT2D eigenvalue weighted by molar-refractivity contribution is 9.10. The summed E-state index contributed by atoms with van der Waals surface area (Å²) in [6.45, 7) is 0. The number of aromatic amines is 1. The second-order valence-electron chi connectivity index (χ2n) is 2.70. The van der Waals surface area contributed by atoms with E-state index in [4.69, 9.17) is 4.74 Å². The largest absolute Gasteiger partial charge is 0.494 e. The Labute approximate surface area is 88.1 Å². The monoisotopic (exact) mass is 254 g/mol. The topological polar surface area (TPSA) is 55.0 Å². The van der Waals surface area contributed by atoms with E-state index in [1.807, 2.05) is 0 Å². The molecular formula is C9H7BrN2O2. The fourth-order valence-electron chi connectivity index (χ4n) is 1.28. The molecule has 2 aromatic rings. The summed E-state index contributed by atoms with van der Waals surface area (Å²) in [5.74, 6) is 0.592. The van der Waals surface area contributed by atoms with Crippen LogP contribution >= 0.6 is 15.9 Å². The molecule has 0 bridgehead atoms. The summed E-state index contributed by atoms with van der Waals surface area (Å²) in [5.41, 5.74) is 0.381. The van der Waals surface area contributed by atoms with Crippen LogP contribution in [0.25, 0.3) is 10.9 Å². The van der Waals surface area contributed by atoms with Gasteiger partial charge < -0.3 is 9.72 Å². The van der Waals surface area contributed by atoms with Gasteiger partial charge >= 0.3 is 0 Å². The molecule has 0 atom stereocenters. The first-order valence-corrected chi connectivity index (χ1v) is 4.73. The molecule has 72 valence electrons. The van der Waals surface area contributed by atoms with Gasteiger partial charge in [0.25, 0.3) is 5.56 Å². The van der Waals surface area contributed by atoms with E-state index in [1.54, 1.807) is 19.2 Å². The maximum Gasteiger partial charge on any atom is 0.259 e. The molecule has 0 saturated carbocycles. The lowest BCUT2D eigenvalue weighted by Gasteiger charge is -2.04. The average molecular weight is 255 g/mol. The first kappa shape index (κ1) is 9.21. The Balaban J connectivity index is 2.99. The molecule has 1 aromatic heterocycles. The zero-order valence-corrected chi connectivity index (χ0v) is 8.96. The average Bonchev–Trinajstić information content (AvgIpc) is 2.18. The van der Waals surface area contributed by atoms with Crippen LogP contribution in [0, 0.1) is 0 Å². The predicted molar refractivity (Wildman–Crippen MR) is 56.6 cm³/mol. The van der Waals surface area contributed by atoms with Gasteiger partial charge in [-0.25, -0.2) is 4.98 Å². The molecule has 0 unspecified atom stereocenters. The van der Waals surface area contributed by atoms with Gasteiger partial charge in [0.1, 0.15) is 11.3 Å². The van der Waals surface area contributed by atoms with E-state index in [2.05, 4.69) is 25.9 Å². The van der Waals surface area contributed by atoms with Crippen molar-refractivity contribution in [1.29, 1.82) is 0 Å². The summed E-state index contributed by atoms with van der Waals surface area (Å²) in [6, 6.07) is 3.52. The third-order valence-electron chi connectivity index (χ3n) is 1.93. The minimum atomic E-state index is -0.180.